The molecule has 3 heteroatoms. The summed E-state index contributed by atoms with van der Waals surface area (Å²) in [7, 11) is 0. The molecule has 180 valence electrons. The Morgan fingerprint density at radius 2 is 1.81 bits per heavy atom. The summed E-state index contributed by atoms with van der Waals surface area (Å²) in [6, 6.07) is 0. The molecular formula is C29H46O3. The number of esters is 1. The summed E-state index contributed by atoms with van der Waals surface area (Å²) < 4.78 is 31.6. The molecular weight excluding hydrogens is 396 g/mol. The van der Waals surface area contributed by atoms with Gasteiger partial charge in [0.05, 0.1) is 0 Å². The second-order valence-corrected chi connectivity index (χ2v) is 11.5. The van der Waals surface area contributed by atoms with Crippen LogP contribution in [0.25, 0.3) is 0 Å². The maximum atomic E-state index is 12.7. The molecule has 32 heavy (non-hydrogen) atoms. The second-order valence-electron chi connectivity index (χ2n) is 11.5. The van der Waals surface area contributed by atoms with Gasteiger partial charge in [0.2, 0.25) is 0 Å². The topological polar surface area (TPSA) is 43.4 Å². The van der Waals surface area contributed by atoms with Crippen molar-refractivity contribution in [3.05, 3.63) is 11.6 Å². The molecule has 0 amide bonds. The van der Waals surface area contributed by atoms with Crippen LogP contribution in [0.2, 0.25) is 0 Å². The number of hydrogen-bond acceptors (Lipinski definition) is 3. The van der Waals surface area contributed by atoms with Crippen LogP contribution in [0.3, 0.4) is 0 Å². The van der Waals surface area contributed by atoms with Crippen LogP contribution < -0.4 is 0 Å². The molecule has 4 aliphatic carbocycles. The number of rotatable bonds is 9. The van der Waals surface area contributed by atoms with Crippen molar-refractivity contribution >= 4 is 11.8 Å². The van der Waals surface area contributed by atoms with Gasteiger partial charge in [-0.1, -0.05) is 64.9 Å². The number of unbranched alkanes of at least 4 members (excludes halogenated alkanes) is 6. The summed E-state index contributed by atoms with van der Waals surface area (Å²) >= 11 is 0. The van der Waals surface area contributed by atoms with Gasteiger partial charge >= 0.3 is 5.97 Å². The first-order chi connectivity index (χ1) is 16.6. The van der Waals surface area contributed by atoms with Gasteiger partial charge in [-0.05, 0) is 80.6 Å². The van der Waals surface area contributed by atoms with Gasteiger partial charge in [0, 0.05) is 22.3 Å². The normalized spacial score (nSPS) is 43.7. The highest BCUT2D eigenvalue weighted by Crippen LogP contribution is 2.65. The van der Waals surface area contributed by atoms with Crippen LogP contribution in [0.15, 0.2) is 11.6 Å². The van der Waals surface area contributed by atoms with E-state index >= 15 is 0 Å². The third-order valence-corrected chi connectivity index (χ3v) is 9.64. The predicted molar refractivity (Wildman–Crippen MR) is 129 cm³/mol. The Morgan fingerprint density at radius 1 is 1.06 bits per heavy atom. The molecule has 0 radical (unpaired) electrons. The Morgan fingerprint density at radius 3 is 2.59 bits per heavy atom. The average molecular weight is 446 g/mol. The minimum atomic E-state index is -2.12. The first kappa shape index (κ1) is 20.3. The van der Waals surface area contributed by atoms with Crippen LogP contribution in [0.1, 0.15) is 128 Å². The van der Waals surface area contributed by atoms with E-state index in [9.17, 15) is 9.59 Å². The molecule has 4 rings (SSSR count). The molecule has 0 aromatic heterocycles. The minimum Gasteiger partial charge on any atom is -0.462 e. The van der Waals surface area contributed by atoms with Gasteiger partial charge in [-0.25, -0.2) is 0 Å². The molecule has 0 aromatic carbocycles. The molecule has 0 heterocycles. The van der Waals surface area contributed by atoms with Gasteiger partial charge in [-0.3, -0.25) is 9.59 Å². The first-order valence-corrected chi connectivity index (χ1v) is 13.4. The Labute approximate surface area is 200 Å². The highest BCUT2D eigenvalue weighted by Gasteiger charge is 2.59. The molecule has 4 aliphatic rings. The minimum absolute atomic E-state index is 0.0265. The van der Waals surface area contributed by atoms with Crippen LogP contribution in [-0.4, -0.2) is 17.9 Å². The van der Waals surface area contributed by atoms with Gasteiger partial charge in [0.15, 0.2) is 5.78 Å². The average Bonchev–Trinajstić information content (AvgIpc) is 3.14. The number of hydrogen-bond donors (Lipinski definition) is 0. The van der Waals surface area contributed by atoms with Crippen LogP contribution in [-0.2, 0) is 14.3 Å². The monoisotopic (exact) mass is 445 g/mol. The summed E-state index contributed by atoms with van der Waals surface area (Å²) in [6.45, 7) is 6.58. The van der Waals surface area contributed by atoms with E-state index in [1.807, 2.05) is 0 Å². The van der Waals surface area contributed by atoms with E-state index in [1.54, 1.807) is 0 Å². The fraction of sp³-hybridized carbons (Fsp3) is 0.862. The van der Waals surface area contributed by atoms with Gasteiger partial charge in [-0.15, -0.1) is 0 Å². The molecule has 0 aromatic rings. The van der Waals surface area contributed by atoms with E-state index in [0.717, 1.165) is 56.9 Å². The summed E-state index contributed by atoms with van der Waals surface area (Å²) in [6.07, 6.45) is 12.8. The molecule has 0 saturated heterocycles. The number of ether oxygens (including phenoxy) is 1. The number of fused-ring (bicyclic) bond motifs is 5. The zero-order chi connectivity index (χ0) is 25.4. The fourth-order valence-corrected chi connectivity index (χ4v) is 7.70. The maximum Gasteiger partial charge on any atom is 0.306 e. The van der Waals surface area contributed by atoms with Gasteiger partial charge < -0.3 is 4.74 Å². The number of carbonyl (C=O) groups is 2. The summed E-state index contributed by atoms with van der Waals surface area (Å²) in [4.78, 5) is 25.1. The van der Waals surface area contributed by atoms with Crippen LogP contribution in [0.5, 0.6) is 0 Å². The second kappa shape index (κ2) is 10.0. The zero-order valence-corrected chi connectivity index (χ0v) is 20.6. The predicted octanol–water partition coefficient (Wildman–Crippen LogP) is 7.57. The lowest BCUT2D eigenvalue weighted by Gasteiger charge is -2.57. The van der Waals surface area contributed by atoms with Crippen molar-refractivity contribution in [1.29, 1.82) is 0 Å². The summed E-state index contributed by atoms with van der Waals surface area (Å²) in [5, 5.41) is 0. The van der Waals surface area contributed by atoms with E-state index in [-0.39, 0.29) is 23.4 Å². The van der Waals surface area contributed by atoms with Crippen molar-refractivity contribution in [2.75, 3.05) is 0 Å². The molecule has 3 saturated carbocycles. The molecule has 3 fully saturated rings. The Hall–Kier alpha value is -1.12. The van der Waals surface area contributed by atoms with E-state index in [4.69, 9.17) is 8.85 Å². The largest absolute Gasteiger partial charge is 0.462 e. The highest BCUT2D eigenvalue weighted by atomic mass is 16.5. The lowest BCUT2D eigenvalue weighted by atomic mass is 9.47. The molecule has 1 unspecified atom stereocenters. The quantitative estimate of drug-likeness (QED) is 0.271. The van der Waals surface area contributed by atoms with E-state index < -0.39 is 24.0 Å². The van der Waals surface area contributed by atoms with Gasteiger partial charge in [0.25, 0.3) is 0 Å². The van der Waals surface area contributed by atoms with E-state index in [2.05, 4.69) is 20.8 Å². The molecule has 7 atom stereocenters. The van der Waals surface area contributed by atoms with Crippen molar-refractivity contribution in [3.63, 3.8) is 0 Å². The summed E-state index contributed by atoms with van der Waals surface area (Å²) in [5.41, 5.74) is 0.376. The van der Waals surface area contributed by atoms with Gasteiger partial charge in [0.1, 0.15) is 6.10 Å². The fourth-order valence-electron chi connectivity index (χ4n) is 7.70. The standard InChI is InChI=1S/C29H46O3/c1-4-5-6-7-8-9-10-11-27(31)32-26-15-14-24-23-13-12-21-20-22(30)16-18-28(21,2)25(23)17-19-29(24,26)3/h20,23-26H,4-19H2,1-3H3/t23-,24-,25-,26-,28-,29-/m0/s1/i16D2,18D/t18?,23-,24-,25-,26-,28-,29-. The molecule has 0 bridgehead atoms. The van der Waals surface area contributed by atoms with E-state index in [1.165, 1.54) is 38.2 Å². The molecule has 0 aliphatic heterocycles. The van der Waals surface area contributed by atoms with Crippen LogP contribution >= 0.6 is 0 Å². The number of carbonyl (C=O) groups excluding carboxylic acids is 2. The van der Waals surface area contributed by atoms with Crippen molar-refractivity contribution in [1.82, 2.24) is 0 Å². The van der Waals surface area contributed by atoms with Crippen LogP contribution in [0, 0.1) is 28.6 Å². The maximum absolute atomic E-state index is 12.7. The van der Waals surface area contributed by atoms with Crippen molar-refractivity contribution < 1.29 is 18.4 Å². The van der Waals surface area contributed by atoms with Crippen molar-refractivity contribution in [2.45, 2.75) is 130 Å². The Bertz CT molecular complexity index is 839. The van der Waals surface area contributed by atoms with Crippen LogP contribution in [0.4, 0.5) is 0 Å². The molecule has 0 spiro atoms. The highest BCUT2D eigenvalue weighted by molar-refractivity contribution is 5.91. The zero-order valence-electron chi connectivity index (χ0n) is 23.6. The third-order valence-electron chi connectivity index (χ3n) is 9.64. The van der Waals surface area contributed by atoms with Crippen molar-refractivity contribution in [3.8, 4) is 0 Å². The SMILES string of the molecule is [2H]C1C([2H])([2H])C(=O)C=C2CC[C@H]3[C@@H]4CC[C@H](OC(=O)CCCCCCCCC)[C@@]4(C)CC[C@@H]3[C@]21C. The lowest BCUT2D eigenvalue weighted by Crippen LogP contribution is -2.51. The first-order valence-electron chi connectivity index (χ1n) is 15.0. The van der Waals surface area contributed by atoms with Gasteiger partial charge in [-0.2, -0.15) is 0 Å². The third kappa shape index (κ3) is 4.60. The molecule has 3 nitrogen and oxygen atoms in total. The Balaban J connectivity index is 1.38. The number of ketones is 1. The Kier molecular flexibility index (Phi) is 6.34. The summed E-state index contributed by atoms with van der Waals surface area (Å²) in [5.74, 6) is 0.483. The smallest absolute Gasteiger partial charge is 0.306 e. The molecule has 0 N–H and O–H groups in total. The van der Waals surface area contributed by atoms with Crippen molar-refractivity contribution in [2.24, 2.45) is 28.6 Å². The van der Waals surface area contributed by atoms with E-state index in [0.29, 0.717) is 18.3 Å². The lowest BCUT2D eigenvalue weighted by molar-refractivity contribution is -0.160. The number of allylic oxidation sites excluding steroid dienone is 1.